The summed E-state index contributed by atoms with van der Waals surface area (Å²) in [4.78, 5) is 0. The Labute approximate surface area is 97.8 Å². The van der Waals surface area contributed by atoms with E-state index in [0.29, 0.717) is 12.5 Å². The van der Waals surface area contributed by atoms with Crippen LogP contribution in [0.3, 0.4) is 0 Å². The Morgan fingerprint density at radius 1 is 1.38 bits per heavy atom. The molecule has 2 nitrogen and oxygen atoms in total. The number of ether oxygens (including phenoxy) is 1. The summed E-state index contributed by atoms with van der Waals surface area (Å²) in [5.41, 5.74) is 8.92. The molecule has 1 saturated carbocycles. The molecule has 1 aromatic carbocycles. The van der Waals surface area contributed by atoms with E-state index in [1.54, 1.807) is 7.11 Å². The fourth-order valence-electron chi connectivity index (χ4n) is 2.46. The summed E-state index contributed by atoms with van der Waals surface area (Å²) in [6, 6.07) is 8.68. The van der Waals surface area contributed by atoms with Crippen LogP contribution in [0.2, 0.25) is 0 Å². The molecule has 2 heteroatoms. The van der Waals surface area contributed by atoms with Crippen LogP contribution < -0.4 is 5.73 Å². The summed E-state index contributed by atoms with van der Waals surface area (Å²) in [6.07, 6.45) is 2.49. The van der Waals surface area contributed by atoms with E-state index in [0.717, 1.165) is 6.61 Å². The van der Waals surface area contributed by atoms with Crippen molar-refractivity contribution in [3.8, 4) is 0 Å². The maximum Gasteiger partial charge on any atom is 0.0559 e. The summed E-state index contributed by atoms with van der Waals surface area (Å²) in [6.45, 7) is 3.74. The van der Waals surface area contributed by atoms with Gasteiger partial charge in [0.1, 0.15) is 0 Å². The van der Waals surface area contributed by atoms with Crippen molar-refractivity contribution in [2.75, 3.05) is 20.3 Å². The van der Waals surface area contributed by atoms with Gasteiger partial charge in [-0.1, -0.05) is 31.2 Å². The van der Waals surface area contributed by atoms with Crippen LogP contribution in [0.5, 0.6) is 0 Å². The van der Waals surface area contributed by atoms with E-state index in [-0.39, 0.29) is 5.41 Å². The van der Waals surface area contributed by atoms with Crippen molar-refractivity contribution < 1.29 is 4.74 Å². The fourth-order valence-corrected chi connectivity index (χ4v) is 2.46. The lowest BCUT2D eigenvalue weighted by molar-refractivity contribution is 0.171. The topological polar surface area (TPSA) is 35.2 Å². The van der Waals surface area contributed by atoms with E-state index in [1.807, 2.05) is 0 Å². The third kappa shape index (κ3) is 2.00. The Morgan fingerprint density at radius 2 is 2.06 bits per heavy atom. The van der Waals surface area contributed by atoms with Crippen molar-refractivity contribution in [3.63, 3.8) is 0 Å². The van der Waals surface area contributed by atoms with E-state index < -0.39 is 0 Å². The molecule has 1 atom stereocenters. The van der Waals surface area contributed by atoms with E-state index in [4.69, 9.17) is 10.5 Å². The third-order valence-corrected chi connectivity index (χ3v) is 3.69. The maximum absolute atomic E-state index is 5.78. The first kappa shape index (κ1) is 11.6. The van der Waals surface area contributed by atoms with E-state index in [1.165, 1.54) is 24.0 Å². The second kappa shape index (κ2) is 4.56. The molecule has 2 N–H and O–H groups in total. The number of methoxy groups -OCH3 is 1. The molecule has 1 aromatic rings. The van der Waals surface area contributed by atoms with E-state index in [9.17, 15) is 0 Å². The quantitative estimate of drug-likeness (QED) is 0.825. The minimum absolute atomic E-state index is 0.286. The molecule has 1 fully saturated rings. The molecule has 1 unspecified atom stereocenters. The molecule has 88 valence electrons. The van der Waals surface area contributed by atoms with Crippen LogP contribution in [0, 0.1) is 0 Å². The Kier molecular flexibility index (Phi) is 3.31. The van der Waals surface area contributed by atoms with Crippen LogP contribution in [0.15, 0.2) is 24.3 Å². The van der Waals surface area contributed by atoms with Gasteiger partial charge in [-0.15, -0.1) is 0 Å². The molecule has 0 heterocycles. The molecular weight excluding hydrogens is 198 g/mol. The molecule has 0 spiro atoms. The minimum atomic E-state index is 0.286. The largest absolute Gasteiger partial charge is 0.384 e. The lowest BCUT2D eigenvalue weighted by Crippen LogP contribution is -2.19. The van der Waals surface area contributed by atoms with Gasteiger partial charge in [0.25, 0.3) is 0 Å². The normalized spacial score (nSPS) is 19.4. The van der Waals surface area contributed by atoms with Crippen LogP contribution in [0.4, 0.5) is 0 Å². The summed E-state index contributed by atoms with van der Waals surface area (Å²) < 4.78 is 5.36. The first-order chi connectivity index (χ1) is 7.73. The van der Waals surface area contributed by atoms with Crippen molar-refractivity contribution in [3.05, 3.63) is 35.4 Å². The predicted octanol–water partition coefficient (Wildman–Crippen LogP) is 2.43. The number of hydrogen-bond donors (Lipinski definition) is 1. The average molecular weight is 219 g/mol. The zero-order valence-corrected chi connectivity index (χ0v) is 10.2. The summed E-state index contributed by atoms with van der Waals surface area (Å²) in [7, 11) is 1.79. The molecule has 0 aliphatic heterocycles. The zero-order valence-electron chi connectivity index (χ0n) is 10.2. The van der Waals surface area contributed by atoms with Crippen molar-refractivity contribution in [2.24, 2.45) is 5.73 Å². The zero-order chi connectivity index (χ0) is 11.6. The number of hydrogen-bond acceptors (Lipinski definition) is 2. The van der Waals surface area contributed by atoms with Crippen LogP contribution in [-0.4, -0.2) is 20.3 Å². The molecule has 1 aliphatic rings. The molecule has 0 bridgehead atoms. The van der Waals surface area contributed by atoms with Gasteiger partial charge in [-0.25, -0.2) is 0 Å². The first-order valence-electron chi connectivity index (χ1n) is 6.02. The van der Waals surface area contributed by atoms with Gasteiger partial charge in [-0.2, -0.15) is 0 Å². The Balaban J connectivity index is 2.33. The van der Waals surface area contributed by atoms with Gasteiger partial charge < -0.3 is 10.5 Å². The van der Waals surface area contributed by atoms with Crippen LogP contribution in [0.25, 0.3) is 0 Å². The maximum atomic E-state index is 5.78. The molecular formula is C14H21NO. The molecule has 1 aliphatic carbocycles. The van der Waals surface area contributed by atoms with E-state index >= 15 is 0 Å². The third-order valence-electron chi connectivity index (χ3n) is 3.69. The summed E-state index contributed by atoms with van der Waals surface area (Å²) in [5, 5.41) is 0. The predicted molar refractivity (Wildman–Crippen MR) is 66.7 cm³/mol. The Morgan fingerprint density at radius 3 is 2.62 bits per heavy atom. The number of rotatable bonds is 5. The SMILES string of the molecule is COCC1(c2ccccc2C(C)CN)CC1. The fraction of sp³-hybridized carbons (Fsp3) is 0.571. The minimum Gasteiger partial charge on any atom is -0.384 e. The smallest absolute Gasteiger partial charge is 0.0559 e. The van der Waals surface area contributed by atoms with Crippen molar-refractivity contribution in [1.29, 1.82) is 0 Å². The highest BCUT2D eigenvalue weighted by atomic mass is 16.5. The van der Waals surface area contributed by atoms with E-state index in [2.05, 4.69) is 31.2 Å². The Hall–Kier alpha value is -0.860. The van der Waals surface area contributed by atoms with Gasteiger partial charge >= 0.3 is 0 Å². The van der Waals surface area contributed by atoms with Gasteiger partial charge in [0.2, 0.25) is 0 Å². The Bertz CT molecular complexity index is 358. The molecule has 0 radical (unpaired) electrons. The summed E-state index contributed by atoms with van der Waals surface area (Å²) >= 11 is 0. The number of nitrogens with two attached hydrogens (primary N) is 1. The van der Waals surface area contributed by atoms with Gasteiger partial charge in [0.15, 0.2) is 0 Å². The molecule has 0 saturated heterocycles. The van der Waals surface area contributed by atoms with Crippen molar-refractivity contribution >= 4 is 0 Å². The number of benzene rings is 1. The highest BCUT2D eigenvalue weighted by Gasteiger charge is 2.45. The average Bonchev–Trinajstić information content (AvgIpc) is 3.09. The second-order valence-corrected chi connectivity index (χ2v) is 4.94. The highest BCUT2D eigenvalue weighted by molar-refractivity contribution is 5.40. The van der Waals surface area contributed by atoms with Crippen LogP contribution in [-0.2, 0) is 10.2 Å². The van der Waals surface area contributed by atoms with Gasteiger partial charge in [0, 0.05) is 12.5 Å². The van der Waals surface area contributed by atoms with Gasteiger partial charge in [0.05, 0.1) is 6.61 Å². The first-order valence-corrected chi connectivity index (χ1v) is 6.02. The molecule has 16 heavy (non-hydrogen) atoms. The second-order valence-electron chi connectivity index (χ2n) is 4.94. The standard InChI is InChI=1S/C14H21NO/c1-11(9-15)12-5-3-4-6-13(12)14(7-8-14)10-16-2/h3-6,11H,7-10,15H2,1-2H3. The molecule has 2 rings (SSSR count). The van der Waals surface area contributed by atoms with Crippen molar-refractivity contribution in [1.82, 2.24) is 0 Å². The lowest BCUT2D eigenvalue weighted by Gasteiger charge is -2.21. The molecule has 0 aromatic heterocycles. The van der Waals surface area contributed by atoms with Crippen molar-refractivity contribution in [2.45, 2.75) is 31.1 Å². The monoisotopic (exact) mass is 219 g/mol. The van der Waals surface area contributed by atoms with Crippen LogP contribution >= 0.6 is 0 Å². The summed E-state index contributed by atoms with van der Waals surface area (Å²) in [5.74, 6) is 0.436. The molecule has 0 amide bonds. The highest BCUT2D eigenvalue weighted by Crippen LogP contribution is 2.50. The lowest BCUT2D eigenvalue weighted by atomic mass is 9.86. The van der Waals surface area contributed by atoms with Crippen LogP contribution in [0.1, 0.15) is 36.8 Å². The van der Waals surface area contributed by atoms with Gasteiger partial charge in [-0.3, -0.25) is 0 Å². The van der Waals surface area contributed by atoms with Gasteiger partial charge in [-0.05, 0) is 36.4 Å².